The Morgan fingerprint density at radius 3 is 2.62 bits per heavy atom. The molecule has 0 saturated carbocycles. The van der Waals surface area contributed by atoms with E-state index in [0.29, 0.717) is 35.8 Å². The van der Waals surface area contributed by atoms with Crippen LogP contribution in [0.1, 0.15) is 35.8 Å². The zero-order chi connectivity index (χ0) is 25.5. The number of benzene rings is 1. The van der Waals surface area contributed by atoms with Gasteiger partial charge in [-0.05, 0) is 48.9 Å². The molecule has 3 atom stereocenters. The Hall–Kier alpha value is -3.99. The lowest BCUT2D eigenvalue weighted by Gasteiger charge is -2.26. The van der Waals surface area contributed by atoms with E-state index in [0.717, 1.165) is 30.6 Å². The van der Waals surface area contributed by atoms with Crippen molar-refractivity contribution in [3.05, 3.63) is 77.5 Å². The highest BCUT2D eigenvalue weighted by Gasteiger charge is 2.36. The number of hydrogen-bond donors (Lipinski definition) is 1. The largest absolute Gasteiger partial charge is 0.391 e. The van der Waals surface area contributed by atoms with Crippen LogP contribution < -0.4 is 9.80 Å². The Morgan fingerprint density at radius 2 is 1.84 bits per heavy atom. The summed E-state index contributed by atoms with van der Waals surface area (Å²) in [5.74, 6) is 0.00547. The van der Waals surface area contributed by atoms with Crippen LogP contribution in [0.4, 0.5) is 24.8 Å². The van der Waals surface area contributed by atoms with E-state index in [1.54, 1.807) is 52.3 Å². The van der Waals surface area contributed by atoms with Crippen molar-refractivity contribution >= 4 is 29.4 Å². The maximum Gasteiger partial charge on any atom is 0.154 e. The molecule has 0 amide bonds. The van der Waals surface area contributed by atoms with E-state index in [-0.39, 0.29) is 24.6 Å². The first-order chi connectivity index (χ1) is 17.9. The number of alkyl halides is 1. The molecule has 5 heterocycles. The standard InChI is InChI=1S/C26H24F3N7O/c27-16-1-4-22(29)21(9-16)23-10-17(28)14-35(23)25-6-5-24-32-12-19(36(24)33-25)3-2-18-11-31-26(13-30-18)34-8-7-20(37)15-34/h1-6,9,11-13,17,20,23,37H,7-8,10,14-15H2/b3-2+/t17-,20+,23+/m0/s1. The number of aromatic nitrogens is 5. The molecule has 11 heteroatoms. The average Bonchev–Trinajstić information content (AvgIpc) is 3.62. The van der Waals surface area contributed by atoms with Crippen molar-refractivity contribution in [1.29, 1.82) is 0 Å². The first kappa shape index (κ1) is 23.4. The van der Waals surface area contributed by atoms with Crippen LogP contribution in [0.15, 0.2) is 48.9 Å². The summed E-state index contributed by atoms with van der Waals surface area (Å²) in [6.45, 7) is 1.31. The van der Waals surface area contributed by atoms with Crippen molar-refractivity contribution in [2.24, 2.45) is 0 Å². The van der Waals surface area contributed by atoms with Crippen LogP contribution in [0.2, 0.25) is 0 Å². The molecule has 0 unspecified atom stereocenters. The zero-order valence-electron chi connectivity index (χ0n) is 19.8. The number of hydrogen-bond acceptors (Lipinski definition) is 7. The number of aliphatic hydroxyl groups excluding tert-OH is 1. The molecule has 2 fully saturated rings. The Morgan fingerprint density at radius 1 is 0.946 bits per heavy atom. The van der Waals surface area contributed by atoms with Crippen LogP contribution in [-0.2, 0) is 0 Å². The number of fused-ring (bicyclic) bond motifs is 1. The summed E-state index contributed by atoms with van der Waals surface area (Å²) in [4.78, 5) is 16.9. The van der Waals surface area contributed by atoms with Gasteiger partial charge in [-0.15, -0.1) is 5.10 Å². The normalized spacial score (nSPS) is 22.1. The number of anilines is 2. The second kappa shape index (κ2) is 9.47. The molecule has 2 saturated heterocycles. The topological polar surface area (TPSA) is 82.7 Å². The number of halogens is 3. The molecular weight excluding hydrogens is 483 g/mol. The van der Waals surface area contributed by atoms with Crippen LogP contribution in [0, 0.1) is 11.6 Å². The van der Waals surface area contributed by atoms with Crippen LogP contribution in [0.25, 0.3) is 17.8 Å². The van der Waals surface area contributed by atoms with Gasteiger partial charge in [-0.3, -0.25) is 4.98 Å². The van der Waals surface area contributed by atoms with Crippen molar-refractivity contribution in [1.82, 2.24) is 24.6 Å². The minimum atomic E-state index is -1.20. The molecule has 1 aromatic carbocycles. The minimum Gasteiger partial charge on any atom is -0.391 e. The number of aliphatic hydroxyl groups is 1. The lowest BCUT2D eigenvalue weighted by molar-refractivity contribution is 0.198. The van der Waals surface area contributed by atoms with Crippen molar-refractivity contribution in [2.45, 2.75) is 31.2 Å². The van der Waals surface area contributed by atoms with Gasteiger partial charge >= 0.3 is 0 Å². The van der Waals surface area contributed by atoms with Gasteiger partial charge in [0.05, 0.1) is 48.7 Å². The molecular formula is C26H24F3N7O. The third kappa shape index (κ3) is 4.62. The number of β-amino-alcohol motifs (C(OH)–C–C–N with tert-alkyl or cyclic N) is 1. The Balaban J connectivity index is 1.26. The lowest BCUT2D eigenvalue weighted by Crippen LogP contribution is -2.26. The molecule has 3 aromatic heterocycles. The predicted molar refractivity (Wildman–Crippen MR) is 133 cm³/mol. The number of rotatable bonds is 5. The van der Waals surface area contributed by atoms with E-state index in [1.165, 1.54) is 0 Å². The van der Waals surface area contributed by atoms with Crippen molar-refractivity contribution in [2.75, 3.05) is 29.4 Å². The summed E-state index contributed by atoms with van der Waals surface area (Å²) in [7, 11) is 0. The van der Waals surface area contributed by atoms with Crippen molar-refractivity contribution < 1.29 is 18.3 Å². The summed E-state index contributed by atoms with van der Waals surface area (Å²) < 4.78 is 44.4. The van der Waals surface area contributed by atoms with E-state index in [4.69, 9.17) is 0 Å². The molecule has 190 valence electrons. The monoisotopic (exact) mass is 507 g/mol. The minimum absolute atomic E-state index is 0.0228. The third-order valence-electron chi connectivity index (χ3n) is 6.81. The second-order valence-corrected chi connectivity index (χ2v) is 9.33. The molecule has 0 radical (unpaired) electrons. The van der Waals surface area contributed by atoms with Crippen LogP contribution in [-0.4, -0.2) is 61.6 Å². The van der Waals surface area contributed by atoms with Gasteiger partial charge in [-0.25, -0.2) is 27.7 Å². The van der Waals surface area contributed by atoms with Gasteiger partial charge in [0.1, 0.15) is 29.4 Å². The summed E-state index contributed by atoms with van der Waals surface area (Å²) in [6.07, 6.45) is 7.79. The van der Waals surface area contributed by atoms with Gasteiger partial charge in [-0.1, -0.05) is 0 Å². The Labute approximate surface area is 210 Å². The maximum atomic E-state index is 14.5. The Kier molecular flexibility index (Phi) is 5.99. The van der Waals surface area contributed by atoms with E-state index in [9.17, 15) is 18.3 Å². The van der Waals surface area contributed by atoms with Gasteiger partial charge in [0.25, 0.3) is 0 Å². The molecule has 1 N–H and O–H groups in total. The van der Waals surface area contributed by atoms with Gasteiger partial charge in [-0.2, -0.15) is 0 Å². The van der Waals surface area contributed by atoms with Gasteiger partial charge in [0.2, 0.25) is 0 Å². The molecule has 37 heavy (non-hydrogen) atoms. The highest BCUT2D eigenvalue weighted by Crippen LogP contribution is 2.38. The number of imidazole rings is 1. The fourth-order valence-corrected chi connectivity index (χ4v) is 4.95. The van der Waals surface area contributed by atoms with Crippen molar-refractivity contribution in [3.8, 4) is 0 Å². The SMILES string of the molecule is O[C@@H]1CCN(c2cnc(/C=C/c3cnc4ccc(N5C[C@@H](F)C[C@@H]5c5cc(F)ccc5F)nn34)cn2)C1. The molecule has 4 aromatic rings. The quantitative estimate of drug-likeness (QED) is 0.440. The first-order valence-corrected chi connectivity index (χ1v) is 12.1. The third-order valence-corrected chi connectivity index (χ3v) is 6.81. The summed E-state index contributed by atoms with van der Waals surface area (Å²) in [5, 5.41) is 14.4. The highest BCUT2D eigenvalue weighted by molar-refractivity contribution is 5.68. The van der Waals surface area contributed by atoms with E-state index < -0.39 is 23.8 Å². The van der Waals surface area contributed by atoms with E-state index in [1.807, 2.05) is 4.90 Å². The van der Waals surface area contributed by atoms with Crippen LogP contribution >= 0.6 is 0 Å². The van der Waals surface area contributed by atoms with Gasteiger partial charge in [0, 0.05) is 25.1 Å². The molecule has 0 aliphatic carbocycles. The zero-order valence-corrected chi connectivity index (χ0v) is 19.8. The fraction of sp³-hybridized carbons (Fsp3) is 0.308. The maximum absolute atomic E-state index is 14.5. The predicted octanol–water partition coefficient (Wildman–Crippen LogP) is 3.83. The first-order valence-electron chi connectivity index (χ1n) is 12.1. The summed E-state index contributed by atoms with van der Waals surface area (Å²) in [5.41, 5.74) is 1.99. The summed E-state index contributed by atoms with van der Waals surface area (Å²) >= 11 is 0. The van der Waals surface area contributed by atoms with E-state index >= 15 is 0 Å². The van der Waals surface area contributed by atoms with Gasteiger partial charge in [0.15, 0.2) is 5.65 Å². The second-order valence-electron chi connectivity index (χ2n) is 9.33. The fourth-order valence-electron chi connectivity index (χ4n) is 4.95. The van der Waals surface area contributed by atoms with Crippen LogP contribution in [0.3, 0.4) is 0 Å². The Bertz CT molecular complexity index is 1460. The smallest absolute Gasteiger partial charge is 0.154 e. The molecule has 0 spiro atoms. The number of nitrogens with zero attached hydrogens (tertiary/aromatic N) is 7. The molecule has 2 aliphatic heterocycles. The summed E-state index contributed by atoms with van der Waals surface area (Å²) in [6, 6.07) is 6.01. The van der Waals surface area contributed by atoms with Gasteiger partial charge < -0.3 is 14.9 Å². The highest BCUT2D eigenvalue weighted by atomic mass is 19.1. The lowest BCUT2D eigenvalue weighted by atomic mass is 10.0. The molecule has 8 nitrogen and oxygen atoms in total. The van der Waals surface area contributed by atoms with Crippen molar-refractivity contribution in [3.63, 3.8) is 0 Å². The average molecular weight is 508 g/mol. The van der Waals surface area contributed by atoms with Crippen LogP contribution in [0.5, 0.6) is 0 Å². The molecule has 2 aliphatic rings. The molecule has 6 rings (SSSR count). The molecule has 0 bridgehead atoms. The van der Waals surface area contributed by atoms with E-state index in [2.05, 4.69) is 20.1 Å².